The fourth-order valence-corrected chi connectivity index (χ4v) is 6.04. The van der Waals surface area contributed by atoms with Gasteiger partial charge < -0.3 is 19.5 Å². The van der Waals surface area contributed by atoms with E-state index in [0.717, 1.165) is 45.5 Å². The van der Waals surface area contributed by atoms with Crippen molar-refractivity contribution >= 4 is 22.7 Å². The summed E-state index contributed by atoms with van der Waals surface area (Å²) >= 11 is 0. The molecule has 1 saturated heterocycles. The molecule has 188 valence electrons. The summed E-state index contributed by atoms with van der Waals surface area (Å²) in [5.74, 6) is 0.650. The van der Waals surface area contributed by atoms with Gasteiger partial charge in [0.25, 0.3) is 5.91 Å². The van der Waals surface area contributed by atoms with Gasteiger partial charge in [-0.25, -0.2) is 0 Å². The van der Waals surface area contributed by atoms with Gasteiger partial charge in [-0.3, -0.25) is 9.59 Å². The largest absolute Gasteiger partial charge is 0.497 e. The number of carbonyl (C=O) groups is 2. The number of ether oxygens (including phenoxy) is 1. The van der Waals surface area contributed by atoms with Gasteiger partial charge in [-0.05, 0) is 53.8 Å². The molecule has 0 radical (unpaired) electrons. The maximum atomic E-state index is 14.2. The Hall–Kier alpha value is -4.06. The van der Waals surface area contributed by atoms with Crippen molar-refractivity contribution in [1.29, 1.82) is 0 Å². The lowest BCUT2D eigenvalue weighted by Crippen LogP contribution is -2.67. The number of rotatable bonds is 5. The third kappa shape index (κ3) is 3.62. The zero-order chi connectivity index (χ0) is 25.7. The molecule has 0 saturated carbocycles. The number of aromatic amines is 1. The molecule has 4 aromatic rings. The summed E-state index contributed by atoms with van der Waals surface area (Å²) < 4.78 is 5.27. The van der Waals surface area contributed by atoms with Crippen LogP contribution in [-0.2, 0) is 28.1 Å². The van der Waals surface area contributed by atoms with Gasteiger partial charge in [-0.1, -0.05) is 61.5 Å². The molecule has 0 bridgehead atoms. The number of methoxy groups -OCH3 is 1. The van der Waals surface area contributed by atoms with Gasteiger partial charge >= 0.3 is 0 Å². The Kier molecular flexibility index (Phi) is 5.55. The normalized spacial score (nSPS) is 21.2. The highest BCUT2D eigenvalue weighted by Crippen LogP contribution is 2.48. The highest BCUT2D eigenvalue weighted by molar-refractivity contribution is 6.01. The zero-order valence-electron chi connectivity index (χ0n) is 21.5. The Balaban J connectivity index is 1.45. The first kappa shape index (κ1) is 23.3. The molecule has 6 heteroatoms. The predicted octanol–water partition coefficient (Wildman–Crippen LogP) is 4.97. The van der Waals surface area contributed by atoms with Crippen molar-refractivity contribution < 1.29 is 14.3 Å². The summed E-state index contributed by atoms with van der Waals surface area (Å²) in [4.78, 5) is 34.9. The lowest BCUT2D eigenvalue weighted by molar-refractivity contribution is -0.166. The Morgan fingerprint density at radius 1 is 0.973 bits per heavy atom. The minimum Gasteiger partial charge on any atom is -0.497 e. The second-order valence-electron chi connectivity index (χ2n) is 10.2. The second kappa shape index (κ2) is 8.80. The van der Waals surface area contributed by atoms with Crippen LogP contribution in [0.1, 0.15) is 47.7 Å². The average molecular weight is 494 g/mol. The van der Waals surface area contributed by atoms with Crippen molar-refractivity contribution in [3.05, 3.63) is 101 Å². The van der Waals surface area contributed by atoms with E-state index in [2.05, 4.69) is 42.2 Å². The van der Waals surface area contributed by atoms with Crippen LogP contribution in [0.25, 0.3) is 10.9 Å². The number of fused-ring (bicyclic) bond motifs is 5. The minimum absolute atomic E-state index is 0.0185. The van der Waals surface area contributed by atoms with Gasteiger partial charge in [0.15, 0.2) is 5.54 Å². The monoisotopic (exact) mass is 493 g/mol. The van der Waals surface area contributed by atoms with Crippen LogP contribution in [0, 0.1) is 0 Å². The van der Waals surface area contributed by atoms with Crippen LogP contribution in [-0.4, -0.2) is 46.8 Å². The molecule has 2 unspecified atom stereocenters. The molecular weight excluding hydrogens is 462 g/mol. The second-order valence-corrected chi connectivity index (χ2v) is 10.2. The number of piperazine rings is 1. The molecule has 37 heavy (non-hydrogen) atoms. The van der Waals surface area contributed by atoms with E-state index in [-0.39, 0.29) is 24.3 Å². The van der Waals surface area contributed by atoms with Crippen molar-refractivity contribution in [2.75, 3.05) is 20.2 Å². The third-order valence-electron chi connectivity index (χ3n) is 8.14. The summed E-state index contributed by atoms with van der Waals surface area (Å²) in [6, 6.07) is 24.5. The molecular formula is C31H31N3O3. The van der Waals surface area contributed by atoms with Gasteiger partial charge in [0, 0.05) is 29.9 Å². The Bertz CT molecular complexity index is 1490. The van der Waals surface area contributed by atoms with Crippen LogP contribution >= 0.6 is 0 Å². The van der Waals surface area contributed by atoms with E-state index >= 15 is 0 Å². The number of H-pyrrole nitrogens is 1. The highest BCUT2D eigenvalue weighted by atomic mass is 16.5. The number of amides is 2. The Morgan fingerprint density at radius 3 is 2.38 bits per heavy atom. The Morgan fingerprint density at radius 2 is 1.68 bits per heavy atom. The number of nitrogens with one attached hydrogen (secondary N) is 1. The van der Waals surface area contributed by atoms with E-state index in [9.17, 15) is 9.59 Å². The number of hydrogen-bond donors (Lipinski definition) is 1. The van der Waals surface area contributed by atoms with E-state index in [1.807, 2.05) is 49.4 Å². The maximum absolute atomic E-state index is 14.2. The van der Waals surface area contributed by atoms with Crippen molar-refractivity contribution in [2.24, 2.45) is 0 Å². The van der Waals surface area contributed by atoms with E-state index in [1.165, 1.54) is 5.56 Å². The molecule has 3 heterocycles. The third-order valence-corrected chi connectivity index (χ3v) is 8.14. The molecule has 2 aliphatic heterocycles. The van der Waals surface area contributed by atoms with Crippen molar-refractivity contribution in [3.63, 3.8) is 0 Å². The molecule has 2 atom stereocenters. The number of hydrogen-bond acceptors (Lipinski definition) is 3. The molecule has 3 aromatic carbocycles. The highest BCUT2D eigenvalue weighted by Gasteiger charge is 2.56. The first-order valence-corrected chi connectivity index (χ1v) is 12.9. The van der Waals surface area contributed by atoms with E-state index in [4.69, 9.17) is 4.74 Å². The molecule has 6 rings (SSSR count). The van der Waals surface area contributed by atoms with Crippen LogP contribution in [0.15, 0.2) is 72.8 Å². The van der Waals surface area contributed by atoms with E-state index in [1.54, 1.807) is 16.9 Å². The number of nitrogens with zero attached hydrogens (tertiary/aromatic N) is 2. The molecule has 1 aromatic heterocycles. The zero-order valence-corrected chi connectivity index (χ0v) is 21.5. The fraction of sp³-hybridized carbons (Fsp3) is 0.290. The quantitative estimate of drug-likeness (QED) is 0.427. The standard InChI is InChI=1S/C31H31N3O3/c1-4-20-9-13-22(14-10-20)25-18-34-27(35)19-33(17-21-11-15-23(37-3)16-12-21)30(36)31(34,2)29-28(25)24-7-5-6-8-26(24)32-29/h5-16,25,32H,4,17-19H2,1-3H3. The molecule has 6 nitrogen and oxygen atoms in total. The molecule has 2 amide bonds. The molecule has 1 N–H and O–H groups in total. The number of aromatic nitrogens is 1. The smallest absolute Gasteiger partial charge is 0.255 e. The first-order valence-electron chi connectivity index (χ1n) is 12.9. The van der Waals surface area contributed by atoms with Gasteiger partial charge in [0.2, 0.25) is 5.91 Å². The molecule has 0 aliphatic carbocycles. The number of aryl methyl sites for hydroxylation is 1. The molecule has 1 fully saturated rings. The summed E-state index contributed by atoms with van der Waals surface area (Å²) in [5.41, 5.74) is 5.22. The van der Waals surface area contributed by atoms with Gasteiger partial charge in [-0.2, -0.15) is 0 Å². The van der Waals surface area contributed by atoms with Gasteiger partial charge in [-0.15, -0.1) is 0 Å². The van der Waals surface area contributed by atoms with Gasteiger partial charge in [0.05, 0.1) is 12.8 Å². The predicted molar refractivity (Wildman–Crippen MR) is 143 cm³/mol. The summed E-state index contributed by atoms with van der Waals surface area (Å²) in [5, 5.41) is 1.11. The van der Waals surface area contributed by atoms with E-state index in [0.29, 0.717) is 13.1 Å². The molecule has 0 spiro atoms. The summed E-state index contributed by atoms with van der Waals surface area (Å²) in [7, 11) is 1.63. The maximum Gasteiger partial charge on any atom is 0.255 e. The number of benzene rings is 3. The summed E-state index contributed by atoms with van der Waals surface area (Å²) in [6.45, 7) is 4.96. The lowest BCUT2D eigenvalue weighted by Gasteiger charge is -2.51. The Labute approximate surface area is 216 Å². The van der Waals surface area contributed by atoms with Crippen LogP contribution in [0.2, 0.25) is 0 Å². The summed E-state index contributed by atoms with van der Waals surface area (Å²) in [6.07, 6.45) is 0.977. The van der Waals surface area contributed by atoms with Crippen LogP contribution < -0.4 is 4.74 Å². The average Bonchev–Trinajstić information content (AvgIpc) is 3.33. The SMILES string of the molecule is CCc1ccc(C2CN3C(=O)CN(Cc4ccc(OC)cc4)C(=O)C3(C)c3[nH]c4ccccc4c32)cc1. The van der Waals surface area contributed by atoms with Crippen molar-refractivity contribution in [2.45, 2.75) is 38.3 Å². The van der Waals surface area contributed by atoms with Crippen LogP contribution in [0.3, 0.4) is 0 Å². The number of carbonyl (C=O) groups excluding carboxylic acids is 2. The van der Waals surface area contributed by atoms with Gasteiger partial charge in [0.1, 0.15) is 12.3 Å². The van der Waals surface area contributed by atoms with Crippen molar-refractivity contribution in [1.82, 2.24) is 14.8 Å². The van der Waals surface area contributed by atoms with Crippen LogP contribution in [0.4, 0.5) is 0 Å². The van der Waals surface area contributed by atoms with Crippen molar-refractivity contribution in [3.8, 4) is 5.75 Å². The topological polar surface area (TPSA) is 65.6 Å². The minimum atomic E-state index is -1.10. The molecule has 2 aliphatic rings. The number of para-hydroxylation sites is 1. The first-order chi connectivity index (χ1) is 17.9. The lowest BCUT2D eigenvalue weighted by atomic mass is 9.76. The van der Waals surface area contributed by atoms with E-state index < -0.39 is 5.54 Å². The fourth-order valence-electron chi connectivity index (χ4n) is 6.04. The van der Waals surface area contributed by atoms with Crippen LogP contribution in [0.5, 0.6) is 5.75 Å².